The molecule has 2 saturated carbocycles. The van der Waals surface area contributed by atoms with Crippen molar-refractivity contribution >= 4 is 0 Å². The highest BCUT2D eigenvalue weighted by Crippen LogP contribution is 2.15. The molecule has 2 aliphatic carbocycles. The second-order valence-electron chi connectivity index (χ2n) is 2.83. The normalized spacial score (nSPS) is 16.7. The molecule has 0 heterocycles. The third kappa shape index (κ3) is 12.2. The van der Waals surface area contributed by atoms with E-state index in [1.807, 2.05) is 0 Å². The maximum Gasteiger partial charge on any atom is -0.0533 e. The van der Waals surface area contributed by atoms with Gasteiger partial charge in [0.15, 0.2) is 0 Å². The molecule has 0 aromatic rings. The van der Waals surface area contributed by atoms with Crippen LogP contribution in [0.4, 0.5) is 0 Å². The standard InChI is InChI=1S/2C4H8.2C2H4/c2*1-2-4-3-1;2*1-2/h2*1-4H2;2*1-2H2. The minimum Gasteiger partial charge on any atom is -0.106 e. The van der Waals surface area contributed by atoms with E-state index in [0.29, 0.717) is 0 Å². The van der Waals surface area contributed by atoms with Crippen molar-refractivity contribution < 1.29 is 0 Å². The topological polar surface area (TPSA) is 0 Å². The fourth-order valence-corrected chi connectivity index (χ4v) is 0.500. The Kier molecular flexibility index (Phi) is 19.7. The molecule has 0 amide bonds. The molecule has 2 aliphatic rings. The summed E-state index contributed by atoms with van der Waals surface area (Å²) in [6.07, 6.45) is 12.0. The van der Waals surface area contributed by atoms with Crippen LogP contribution in [-0.2, 0) is 0 Å². The first kappa shape index (κ1) is 14.0. The zero-order chi connectivity index (χ0) is 9.66. The van der Waals surface area contributed by atoms with Crippen molar-refractivity contribution in [1.82, 2.24) is 0 Å². The summed E-state index contributed by atoms with van der Waals surface area (Å²) in [6, 6.07) is 0. The van der Waals surface area contributed by atoms with E-state index >= 15 is 0 Å². The Labute approximate surface area is 78.4 Å². The van der Waals surface area contributed by atoms with Crippen LogP contribution in [-0.4, -0.2) is 0 Å². The minimum absolute atomic E-state index is 1.50. The summed E-state index contributed by atoms with van der Waals surface area (Å²) < 4.78 is 0. The second kappa shape index (κ2) is 16.8. The SMILES string of the molecule is C1CCC1.C1CCC1.C=C.C=C. The zero-order valence-electron chi connectivity index (χ0n) is 8.49. The van der Waals surface area contributed by atoms with Crippen LogP contribution in [0, 0.1) is 0 Å². The van der Waals surface area contributed by atoms with Gasteiger partial charge in [-0.3, -0.25) is 0 Å². The lowest BCUT2D eigenvalue weighted by atomic mass is 10.0. The van der Waals surface area contributed by atoms with E-state index in [1.54, 1.807) is 0 Å². The van der Waals surface area contributed by atoms with Crippen LogP contribution in [0.5, 0.6) is 0 Å². The first-order chi connectivity index (χ1) is 6.00. The molecule has 2 fully saturated rings. The Bertz CT molecular complexity index is 40.4. The Morgan fingerprint density at radius 3 is 0.417 bits per heavy atom. The average Bonchev–Trinajstić information content (AvgIpc) is 1.88. The third-order valence-corrected chi connectivity index (χ3v) is 2.00. The highest BCUT2D eigenvalue weighted by molar-refractivity contribution is 4.51. The molecule has 0 aliphatic heterocycles. The van der Waals surface area contributed by atoms with E-state index in [9.17, 15) is 0 Å². The number of hydrogen-bond donors (Lipinski definition) is 0. The third-order valence-electron chi connectivity index (χ3n) is 2.00. The van der Waals surface area contributed by atoms with E-state index < -0.39 is 0 Å². The van der Waals surface area contributed by atoms with Crippen LogP contribution >= 0.6 is 0 Å². The van der Waals surface area contributed by atoms with Gasteiger partial charge in [-0.05, 0) is 0 Å². The van der Waals surface area contributed by atoms with Crippen LogP contribution in [0.15, 0.2) is 26.3 Å². The Balaban J connectivity index is 0. The molecule has 0 aromatic carbocycles. The van der Waals surface area contributed by atoms with Crippen LogP contribution in [0.2, 0.25) is 0 Å². The van der Waals surface area contributed by atoms with Gasteiger partial charge in [0.1, 0.15) is 0 Å². The lowest BCUT2D eigenvalue weighted by Gasteiger charge is -2.05. The Hall–Kier alpha value is -0.520. The van der Waals surface area contributed by atoms with E-state index in [1.165, 1.54) is 51.4 Å². The highest BCUT2D eigenvalue weighted by Gasteiger charge is 1.95. The summed E-state index contributed by atoms with van der Waals surface area (Å²) in [5, 5.41) is 0. The molecule has 0 N–H and O–H groups in total. The van der Waals surface area contributed by atoms with Crippen LogP contribution in [0.3, 0.4) is 0 Å². The van der Waals surface area contributed by atoms with Gasteiger partial charge in [-0.15, -0.1) is 26.3 Å². The van der Waals surface area contributed by atoms with Gasteiger partial charge in [0.05, 0.1) is 0 Å². The first-order valence-corrected chi connectivity index (χ1v) is 5.00. The molecule has 0 radical (unpaired) electrons. The van der Waals surface area contributed by atoms with Gasteiger partial charge in [0.25, 0.3) is 0 Å². The Morgan fingerprint density at radius 2 is 0.417 bits per heavy atom. The fourth-order valence-electron chi connectivity index (χ4n) is 0.500. The van der Waals surface area contributed by atoms with Gasteiger partial charge in [-0.2, -0.15) is 0 Å². The quantitative estimate of drug-likeness (QED) is 0.459. The summed E-state index contributed by atoms with van der Waals surface area (Å²) >= 11 is 0. The molecule has 0 atom stereocenters. The lowest BCUT2D eigenvalue weighted by molar-refractivity contribution is 0.504. The lowest BCUT2D eigenvalue weighted by Crippen LogP contribution is -1.85. The minimum atomic E-state index is 1.50. The number of rotatable bonds is 0. The summed E-state index contributed by atoms with van der Waals surface area (Å²) in [5.74, 6) is 0. The van der Waals surface area contributed by atoms with Gasteiger partial charge in [-0.25, -0.2) is 0 Å². The molecule has 0 unspecified atom stereocenters. The van der Waals surface area contributed by atoms with Crippen molar-refractivity contribution in [2.75, 3.05) is 0 Å². The maximum absolute atomic E-state index is 3.00. The van der Waals surface area contributed by atoms with Crippen LogP contribution in [0.25, 0.3) is 0 Å². The molecular weight excluding hydrogens is 144 g/mol. The van der Waals surface area contributed by atoms with Crippen molar-refractivity contribution in [1.29, 1.82) is 0 Å². The van der Waals surface area contributed by atoms with Gasteiger partial charge >= 0.3 is 0 Å². The van der Waals surface area contributed by atoms with Crippen molar-refractivity contribution in [3.63, 3.8) is 0 Å². The molecule has 0 nitrogen and oxygen atoms in total. The molecule has 72 valence electrons. The number of hydrogen-bond acceptors (Lipinski definition) is 0. The molecule has 2 rings (SSSR count). The fraction of sp³-hybridized carbons (Fsp3) is 0.667. The highest BCUT2D eigenvalue weighted by atomic mass is 14.0. The molecule has 0 aromatic heterocycles. The van der Waals surface area contributed by atoms with E-state index in [0.717, 1.165) is 0 Å². The molecule has 12 heavy (non-hydrogen) atoms. The predicted octanol–water partition coefficient (Wildman–Crippen LogP) is 4.73. The summed E-state index contributed by atoms with van der Waals surface area (Å²) in [4.78, 5) is 0. The summed E-state index contributed by atoms with van der Waals surface area (Å²) in [7, 11) is 0. The van der Waals surface area contributed by atoms with Gasteiger partial charge in [-0.1, -0.05) is 51.4 Å². The van der Waals surface area contributed by atoms with Gasteiger partial charge < -0.3 is 0 Å². The monoisotopic (exact) mass is 168 g/mol. The zero-order valence-corrected chi connectivity index (χ0v) is 8.49. The summed E-state index contributed by atoms with van der Waals surface area (Å²) in [5.41, 5.74) is 0. The van der Waals surface area contributed by atoms with E-state index in [2.05, 4.69) is 26.3 Å². The molecular formula is C12H24. The molecule has 0 heteroatoms. The molecule has 0 saturated heterocycles. The van der Waals surface area contributed by atoms with Crippen molar-refractivity contribution in [3.05, 3.63) is 26.3 Å². The van der Waals surface area contributed by atoms with Crippen molar-refractivity contribution in [2.45, 2.75) is 51.4 Å². The Morgan fingerprint density at radius 1 is 0.333 bits per heavy atom. The van der Waals surface area contributed by atoms with Crippen molar-refractivity contribution in [3.8, 4) is 0 Å². The largest absolute Gasteiger partial charge is 0.106 e. The second-order valence-corrected chi connectivity index (χ2v) is 2.83. The van der Waals surface area contributed by atoms with E-state index in [-0.39, 0.29) is 0 Å². The van der Waals surface area contributed by atoms with Crippen LogP contribution < -0.4 is 0 Å². The maximum atomic E-state index is 3.00. The predicted molar refractivity (Wildman–Crippen MR) is 59.4 cm³/mol. The smallest absolute Gasteiger partial charge is 0.0533 e. The van der Waals surface area contributed by atoms with Gasteiger partial charge in [0.2, 0.25) is 0 Å². The average molecular weight is 168 g/mol. The summed E-state index contributed by atoms with van der Waals surface area (Å²) in [6.45, 7) is 12.0. The van der Waals surface area contributed by atoms with E-state index in [4.69, 9.17) is 0 Å². The van der Waals surface area contributed by atoms with Gasteiger partial charge in [0, 0.05) is 0 Å². The van der Waals surface area contributed by atoms with Crippen molar-refractivity contribution in [2.24, 2.45) is 0 Å². The molecule has 0 bridgehead atoms. The van der Waals surface area contributed by atoms with Crippen LogP contribution in [0.1, 0.15) is 51.4 Å². The molecule has 0 spiro atoms. The first-order valence-electron chi connectivity index (χ1n) is 5.00.